The summed E-state index contributed by atoms with van der Waals surface area (Å²) in [6.07, 6.45) is -0.669. The Morgan fingerprint density at radius 3 is 2.41 bits per heavy atom. The molecule has 0 amide bonds. The molecule has 2 N–H and O–H groups in total. The summed E-state index contributed by atoms with van der Waals surface area (Å²) in [7, 11) is 0. The summed E-state index contributed by atoms with van der Waals surface area (Å²) in [4.78, 5) is 0. The molecule has 2 atom stereocenters. The maximum atomic E-state index is 12.9. The van der Waals surface area contributed by atoms with Gasteiger partial charge in [-0.2, -0.15) is 13.2 Å². The minimum absolute atomic E-state index is 0.530. The normalized spacial score (nSPS) is 23.4. The number of hydrogen-bond donors (Lipinski definition) is 2. The van der Waals surface area contributed by atoms with E-state index in [9.17, 15) is 13.2 Å². The van der Waals surface area contributed by atoms with Crippen molar-refractivity contribution >= 4 is 0 Å². The van der Waals surface area contributed by atoms with E-state index in [4.69, 9.17) is 0 Å². The SMILES string of the molecule is FC(F)(F)c1cccc(-c2ccc(C3CC3NCC3CCNCC3)cc2)c1. The van der Waals surface area contributed by atoms with Crippen molar-refractivity contribution in [3.05, 3.63) is 59.7 Å². The summed E-state index contributed by atoms with van der Waals surface area (Å²) < 4.78 is 38.7. The minimum Gasteiger partial charge on any atom is -0.317 e. The van der Waals surface area contributed by atoms with Gasteiger partial charge in [-0.15, -0.1) is 0 Å². The Kier molecular flexibility index (Phi) is 5.24. The topological polar surface area (TPSA) is 24.1 Å². The first-order valence-electron chi connectivity index (χ1n) is 9.72. The van der Waals surface area contributed by atoms with E-state index in [1.54, 1.807) is 6.07 Å². The first-order valence-corrected chi connectivity index (χ1v) is 9.72. The van der Waals surface area contributed by atoms with Crippen molar-refractivity contribution in [2.45, 2.75) is 37.4 Å². The van der Waals surface area contributed by atoms with Crippen molar-refractivity contribution in [1.82, 2.24) is 10.6 Å². The maximum Gasteiger partial charge on any atom is 0.416 e. The van der Waals surface area contributed by atoms with Gasteiger partial charge >= 0.3 is 6.18 Å². The summed E-state index contributed by atoms with van der Waals surface area (Å²) in [5, 5.41) is 7.09. The molecule has 0 aromatic heterocycles. The van der Waals surface area contributed by atoms with Gasteiger partial charge in [0.15, 0.2) is 0 Å². The molecule has 1 aliphatic carbocycles. The Morgan fingerprint density at radius 1 is 0.963 bits per heavy atom. The van der Waals surface area contributed by atoms with E-state index < -0.39 is 11.7 Å². The van der Waals surface area contributed by atoms with E-state index in [0.717, 1.165) is 43.6 Å². The largest absolute Gasteiger partial charge is 0.416 e. The lowest BCUT2D eigenvalue weighted by molar-refractivity contribution is -0.137. The second-order valence-corrected chi connectivity index (χ2v) is 7.75. The molecule has 1 saturated heterocycles. The molecular formula is C22H25F3N2. The third-order valence-corrected chi connectivity index (χ3v) is 5.78. The maximum absolute atomic E-state index is 12.9. The molecule has 4 rings (SSSR count). The smallest absolute Gasteiger partial charge is 0.317 e. The highest BCUT2D eigenvalue weighted by molar-refractivity contribution is 5.65. The summed E-state index contributed by atoms with van der Waals surface area (Å²) in [6, 6.07) is 14.1. The van der Waals surface area contributed by atoms with Gasteiger partial charge in [-0.3, -0.25) is 0 Å². The Hall–Kier alpha value is -1.85. The minimum atomic E-state index is -4.31. The zero-order chi connectivity index (χ0) is 18.9. The summed E-state index contributed by atoms with van der Waals surface area (Å²) in [5.41, 5.74) is 2.10. The molecule has 2 unspecified atom stereocenters. The average Bonchev–Trinajstić information content (AvgIpc) is 3.47. The van der Waals surface area contributed by atoms with Gasteiger partial charge in [-0.05, 0) is 73.6 Å². The van der Waals surface area contributed by atoms with E-state index in [2.05, 4.69) is 22.8 Å². The highest BCUT2D eigenvalue weighted by Crippen LogP contribution is 2.41. The fourth-order valence-corrected chi connectivity index (χ4v) is 3.99. The number of halogens is 3. The predicted octanol–water partition coefficient (Wildman–Crippen LogP) is 4.82. The predicted molar refractivity (Wildman–Crippen MR) is 102 cm³/mol. The van der Waals surface area contributed by atoms with Crippen molar-refractivity contribution in [1.29, 1.82) is 0 Å². The van der Waals surface area contributed by atoms with Crippen molar-refractivity contribution in [2.24, 2.45) is 5.92 Å². The summed E-state index contributed by atoms with van der Waals surface area (Å²) >= 11 is 0. The van der Waals surface area contributed by atoms with Crippen molar-refractivity contribution in [3.8, 4) is 11.1 Å². The standard InChI is InChI=1S/C22H25F3N2/c23-22(24,25)19-3-1-2-18(12-19)16-4-6-17(7-5-16)20-13-21(20)27-14-15-8-10-26-11-9-15/h1-7,12,15,20-21,26-27H,8-11,13-14H2. The number of nitrogens with one attached hydrogen (secondary N) is 2. The van der Waals surface area contributed by atoms with Crippen LogP contribution in [0.1, 0.15) is 36.3 Å². The molecule has 1 heterocycles. The average molecular weight is 374 g/mol. The molecule has 0 radical (unpaired) electrons. The Balaban J connectivity index is 1.36. The fourth-order valence-electron chi connectivity index (χ4n) is 3.99. The van der Waals surface area contributed by atoms with Crippen molar-refractivity contribution in [3.63, 3.8) is 0 Å². The van der Waals surface area contributed by atoms with Crippen LogP contribution in [0.5, 0.6) is 0 Å². The van der Waals surface area contributed by atoms with E-state index in [-0.39, 0.29) is 0 Å². The number of hydrogen-bond acceptors (Lipinski definition) is 2. The van der Waals surface area contributed by atoms with E-state index >= 15 is 0 Å². The Bertz CT molecular complexity index is 764. The summed E-state index contributed by atoms with van der Waals surface area (Å²) in [5.74, 6) is 1.30. The van der Waals surface area contributed by atoms with E-state index in [1.807, 2.05) is 12.1 Å². The van der Waals surface area contributed by atoms with Crippen LogP contribution < -0.4 is 10.6 Å². The highest BCUT2D eigenvalue weighted by atomic mass is 19.4. The molecule has 0 bridgehead atoms. The molecule has 5 heteroatoms. The molecule has 2 aromatic carbocycles. The third kappa shape index (κ3) is 4.53. The summed E-state index contributed by atoms with van der Waals surface area (Å²) in [6.45, 7) is 3.33. The second-order valence-electron chi connectivity index (χ2n) is 7.75. The third-order valence-electron chi connectivity index (χ3n) is 5.78. The van der Waals surface area contributed by atoms with Gasteiger partial charge < -0.3 is 10.6 Å². The highest BCUT2D eigenvalue weighted by Gasteiger charge is 2.38. The van der Waals surface area contributed by atoms with Gasteiger partial charge in [0.2, 0.25) is 0 Å². The molecule has 2 aromatic rings. The zero-order valence-electron chi connectivity index (χ0n) is 15.2. The lowest BCUT2D eigenvalue weighted by Gasteiger charge is -2.22. The van der Waals surface area contributed by atoms with Gasteiger partial charge in [-0.1, -0.05) is 36.4 Å². The van der Waals surface area contributed by atoms with E-state index in [1.165, 1.54) is 30.5 Å². The number of benzene rings is 2. The lowest BCUT2D eigenvalue weighted by Crippen LogP contribution is -2.34. The van der Waals surface area contributed by atoms with Gasteiger partial charge in [-0.25, -0.2) is 0 Å². The lowest BCUT2D eigenvalue weighted by atomic mass is 9.98. The zero-order valence-corrected chi connectivity index (χ0v) is 15.2. The second kappa shape index (κ2) is 7.64. The van der Waals surface area contributed by atoms with Crippen LogP contribution in [-0.4, -0.2) is 25.7 Å². The van der Waals surface area contributed by atoms with Crippen LogP contribution in [0.3, 0.4) is 0 Å². The molecule has 0 spiro atoms. The quantitative estimate of drug-likeness (QED) is 0.784. The molecule has 2 fully saturated rings. The fraction of sp³-hybridized carbons (Fsp3) is 0.455. The Morgan fingerprint density at radius 2 is 1.70 bits per heavy atom. The molecule has 2 nitrogen and oxygen atoms in total. The van der Waals surface area contributed by atoms with Crippen molar-refractivity contribution in [2.75, 3.05) is 19.6 Å². The number of piperidine rings is 1. The van der Waals surface area contributed by atoms with Crippen LogP contribution in [-0.2, 0) is 6.18 Å². The van der Waals surface area contributed by atoms with Crippen LogP contribution in [0, 0.1) is 5.92 Å². The Labute approximate surface area is 158 Å². The van der Waals surface area contributed by atoms with Crippen LogP contribution in [0.25, 0.3) is 11.1 Å². The molecule has 27 heavy (non-hydrogen) atoms. The van der Waals surface area contributed by atoms with Crippen LogP contribution in [0.4, 0.5) is 13.2 Å². The molecular weight excluding hydrogens is 349 g/mol. The van der Waals surface area contributed by atoms with Crippen LogP contribution >= 0.6 is 0 Å². The monoisotopic (exact) mass is 374 g/mol. The molecule has 1 aliphatic heterocycles. The van der Waals surface area contributed by atoms with Gasteiger partial charge in [0.25, 0.3) is 0 Å². The molecule has 1 saturated carbocycles. The van der Waals surface area contributed by atoms with E-state index in [0.29, 0.717) is 17.5 Å². The van der Waals surface area contributed by atoms with Gasteiger partial charge in [0, 0.05) is 12.0 Å². The van der Waals surface area contributed by atoms with Crippen molar-refractivity contribution < 1.29 is 13.2 Å². The van der Waals surface area contributed by atoms with Gasteiger partial charge in [0.1, 0.15) is 0 Å². The first-order chi connectivity index (χ1) is 13.0. The van der Waals surface area contributed by atoms with Gasteiger partial charge in [0.05, 0.1) is 5.56 Å². The molecule has 144 valence electrons. The first kappa shape index (κ1) is 18.5. The molecule has 2 aliphatic rings. The van der Waals surface area contributed by atoms with Crippen LogP contribution in [0.15, 0.2) is 48.5 Å². The van der Waals surface area contributed by atoms with Crippen LogP contribution in [0.2, 0.25) is 0 Å². The number of rotatable bonds is 5. The number of alkyl halides is 3.